The number of nitrogens with zero attached hydrogens (tertiary/aromatic N) is 1. The zero-order valence-electron chi connectivity index (χ0n) is 10.7. The van der Waals surface area contributed by atoms with E-state index in [1.807, 2.05) is 0 Å². The molecule has 7 heteroatoms. The number of benzene rings is 1. The van der Waals surface area contributed by atoms with Crippen LogP contribution in [0.15, 0.2) is 29.2 Å². The normalized spacial score (nSPS) is 14.2. The molecule has 0 bridgehead atoms. The molecule has 0 saturated carbocycles. The predicted molar refractivity (Wildman–Crippen MR) is 77.3 cm³/mol. The van der Waals surface area contributed by atoms with E-state index in [1.165, 1.54) is 17.4 Å². The molecule has 0 atom stereocenters. The van der Waals surface area contributed by atoms with Crippen LogP contribution in [0, 0.1) is 0 Å². The highest BCUT2D eigenvalue weighted by Crippen LogP contribution is 2.31. The van der Waals surface area contributed by atoms with Crippen molar-refractivity contribution in [1.29, 1.82) is 0 Å². The maximum absolute atomic E-state index is 12.4. The molecule has 1 aromatic carbocycles. The molecule has 0 saturated heterocycles. The summed E-state index contributed by atoms with van der Waals surface area (Å²) in [4.78, 5) is 5.58. The van der Waals surface area contributed by atoms with Crippen LogP contribution in [-0.4, -0.2) is 18.5 Å². The van der Waals surface area contributed by atoms with Crippen LogP contribution in [0.3, 0.4) is 0 Å². The highest BCUT2D eigenvalue weighted by molar-refractivity contribution is 7.93. The number of sulfonamides is 1. The Kier molecular flexibility index (Phi) is 3.49. The van der Waals surface area contributed by atoms with Gasteiger partial charge in [-0.25, -0.2) is 13.4 Å². The van der Waals surface area contributed by atoms with Gasteiger partial charge in [0.15, 0.2) is 5.13 Å². The number of anilines is 1. The highest BCUT2D eigenvalue weighted by atomic mass is 32.2. The molecular formula is C13H14N2O3S2. The first-order chi connectivity index (χ1) is 9.60. The summed E-state index contributed by atoms with van der Waals surface area (Å²) in [6, 6.07) is 6.41. The van der Waals surface area contributed by atoms with Crippen molar-refractivity contribution in [3.63, 3.8) is 0 Å². The number of fused-ring (bicyclic) bond motifs is 1. The fraction of sp³-hybridized carbons (Fsp3) is 0.308. The van der Waals surface area contributed by atoms with Crippen molar-refractivity contribution in [1.82, 2.24) is 4.98 Å². The highest BCUT2D eigenvalue weighted by Gasteiger charge is 2.22. The van der Waals surface area contributed by atoms with Gasteiger partial charge in [0.1, 0.15) is 0 Å². The molecule has 20 heavy (non-hydrogen) atoms. The molecule has 1 aliphatic carbocycles. The van der Waals surface area contributed by atoms with E-state index in [-0.39, 0.29) is 11.5 Å². The van der Waals surface area contributed by atoms with Crippen molar-refractivity contribution >= 4 is 26.5 Å². The summed E-state index contributed by atoms with van der Waals surface area (Å²) in [6.45, 7) is -0.314. The number of aryl methyl sites for hydroxylation is 2. The van der Waals surface area contributed by atoms with Gasteiger partial charge in [-0.2, -0.15) is 0 Å². The van der Waals surface area contributed by atoms with E-state index in [4.69, 9.17) is 0 Å². The van der Waals surface area contributed by atoms with Gasteiger partial charge in [-0.3, -0.25) is 4.72 Å². The molecule has 106 valence electrons. The molecule has 0 aliphatic heterocycles. The number of aliphatic hydroxyl groups is 1. The van der Waals surface area contributed by atoms with Gasteiger partial charge in [0.2, 0.25) is 0 Å². The van der Waals surface area contributed by atoms with Gasteiger partial charge in [-0.15, -0.1) is 11.3 Å². The molecule has 0 fully saturated rings. The van der Waals surface area contributed by atoms with Crippen LogP contribution >= 0.6 is 11.3 Å². The largest absolute Gasteiger partial charge is 0.392 e. The maximum Gasteiger partial charge on any atom is 0.264 e. The number of aliphatic hydroxyl groups excluding tert-OH is 1. The lowest BCUT2D eigenvalue weighted by atomic mass is 10.2. The van der Waals surface area contributed by atoms with Crippen LogP contribution in [0.4, 0.5) is 5.13 Å². The molecule has 1 heterocycles. The van der Waals surface area contributed by atoms with Crippen LogP contribution in [0.25, 0.3) is 0 Å². The van der Waals surface area contributed by atoms with Crippen molar-refractivity contribution in [3.05, 3.63) is 40.4 Å². The minimum absolute atomic E-state index is 0.0952. The molecule has 2 N–H and O–H groups in total. The number of thiazole rings is 1. The van der Waals surface area contributed by atoms with Gasteiger partial charge < -0.3 is 5.11 Å². The van der Waals surface area contributed by atoms with Crippen molar-refractivity contribution in [2.75, 3.05) is 4.72 Å². The first-order valence-corrected chi connectivity index (χ1v) is 8.60. The lowest BCUT2D eigenvalue weighted by Gasteiger charge is -2.08. The van der Waals surface area contributed by atoms with Crippen LogP contribution in [-0.2, 0) is 29.5 Å². The number of aromatic nitrogens is 1. The second-order valence-electron chi connectivity index (χ2n) is 4.61. The standard InChI is InChI=1S/C13H14N2O3S2/c16-8-9-4-1-2-7-12(9)20(17,18)15-13-14-10-5-3-6-11(10)19-13/h1-2,4,7,16H,3,5-6,8H2,(H,14,15). The molecule has 2 aromatic rings. The van der Waals surface area contributed by atoms with Gasteiger partial charge in [-0.05, 0) is 30.9 Å². The third-order valence-electron chi connectivity index (χ3n) is 3.25. The van der Waals surface area contributed by atoms with E-state index in [0.29, 0.717) is 10.7 Å². The van der Waals surface area contributed by atoms with Crippen LogP contribution < -0.4 is 4.72 Å². The number of rotatable bonds is 4. The third-order valence-corrected chi connectivity index (χ3v) is 5.89. The van der Waals surface area contributed by atoms with Gasteiger partial charge in [0.25, 0.3) is 10.0 Å². The average Bonchev–Trinajstić information content (AvgIpc) is 2.99. The van der Waals surface area contributed by atoms with Crippen LogP contribution in [0.2, 0.25) is 0 Å². The van der Waals surface area contributed by atoms with Crippen molar-refractivity contribution in [3.8, 4) is 0 Å². The molecule has 0 radical (unpaired) electrons. The number of nitrogens with one attached hydrogen (secondary N) is 1. The Balaban J connectivity index is 1.92. The monoisotopic (exact) mass is 310 g/mol. The molecular weight excluding hydrogens is 296 g/mol. The Bertz CT molecular complexity index is 716. The predicted octanol–water partition coefficient (Wildman–Crippen LogP) is 1.92. The molecule has 5 nitrogen and oxygen atoms in total. The van der Waals surface area contributed by atoms with Gasteiger partial charge >= 0.3 is 0 Å². The lowest BCUT2D eigenvalue weighted by Crippen LogP contribution is -2.15. The van der Waals surface area contributed by atoms with Crippen molar-refractivity contribution in [2.24, 2.45) is 0 Å². The summed E-state index contributed by atoms with van der Waals surface area (Å²) < 4.78 is 27.2. The van der Waals surface area contributed by atoms with Gasteiger partial charge in [-0.1, -0.05) is 18.2 Å². The zero-order valence-corrected chi connectivity index (χ0v) is 12.3. The van der Waals surface area contributed by atoms with Gasteiger partial charge in [0.05, 0.1) is 17.2 Å². The van der Waals surface area contributed by atoms with E-state index < -0.39 is 10.0 Å². The molecule has 0 spiro atoms. The van der Waals surface area contributed by atoms with E-state index in [2.05, 4.69) is 9.71 Å². The fourth-order valence-corrected chi connectivity index (χ4v) is 4.82. The summed E-state index contributed by atoms with van der Waals surface area (Å²) in [5, 5.41) is 9.64. The third kappa shape index (κ3) is 2.44. The van der Waals surface area contributed by atoms with E-state index >= 15 is 0 Å². The molecule has 3 rings (SSSR count). The maximum atomic E-state index is 12.4. The number of hydrogen-bond acceptors (Lipinski definition) is 5. The van der Waals surface area contributed by atoms with Crippen molar-refractivity contribution < 1.29 is 13.5 Å². The molecule has 1 aromatic heterocycles. The molecule has 1 aliphatic rings. The second-order valence-corrected chi connectivity index (χ2v) is 7.35. The second kappa shape index (κ2) is 5.16. The topological polar surface area (TPSA) is 79.3 Å². The zero-order chi connectivity index (χ0) is 14.2. The lowest BCUT2D eigenvalue weighted by molar-refractivity contribution is 0.278. The fourth-order valence-electron chi connectivity index (χ4n) is 2.30. The van der Waals surface area contributed by atoms with E-state index in [1.54, 1.807) is 18.2 Å². The average molecular weight is 310 g/mol. The van der Waals surface area contributed by atoms with Crippen molar-refractivity contribution in [2.45, 2.75) is 30.8 Å². The van der Waals surface area contributed by atoms with Crippen LogP contribution in [0.1, 0.15) is 22.6 Å². The van der Waals surface area contributed by atoms with E-state index in [9.17, 15) is 13.5 Å². The summed E-state index contributed by atoms with van der Waals surface area (Å²) in [6.07, 6.45) is 2.98. The summed E-state index contributed by atoms with van der Waals surface area (Å²) in [7, 11) is -3.71. The first-order valence-electron chi connectivity index (χ1n) is 6.30. The number of hydrogen-bond donors (Lipinski definition) is 2. The summed E-state index contributed by atoms with van der Waals surface area (Å²) >= 11 is 1.39. The molecule has 0 unspecified atom stereocenters. The smallest absolute Gasteiger partial charge is 0.264 e. The Hall–Kier alpha value is -1.44. The first kappa shape index (κ1) is 13.5. The Morgan fingerprint density at radius 2 is 2.10 bits per heavy atom. The van der Waals surface area contributed by atoms with Crippen LogP contribution in [0.5, 0.6) is 0 Å². The SMILES string of the molecule is O=S(=O)(Nc1nc2c(s1)CCC2)c1ccccc1CO. The van der Waals surface area contributed by atoms with Gasteiger partial charge in [0, 0.05) is 4.88 Å². The Labute approximate surface area is 121 Å². The quantitative estimate of drug-likeness (QED) is 0.904. The van der Waals surface area contributed by atoms with E-state index in [0.717, 1.165) is 29.8 Å². The Morgan fingerprint density at radius 1 is 1.30 bits per heavy atom. The minimum atomic E-state index is -3.71. The summed E-state index contributed by atoms with van der Waals surface area (Å²) in [5.74, 6) is 0. The summed E-state index contributed by atoms with van der Waals surface area (Å²) in [5.41, 5.74) is 1.38. The molecule has 0 amide bonds. The Morgan fingerprint density at radius 3 is 2.85 bits per heavy atom. The minimum Gasteiger partial charge on any atom is -0.392 e.